The Labute approximate surface area is 373 Å². The second-order valence-corrected chi connectivity index (χ2v) is 16.6. The lowest BCUT2D eigenvalue weighted by Crippen LogP contribution is -2.49. The van der Waals surface area contributed by atoms with E-state index in [2.05, 4.69) is 15.3 Å². The minimum Gasteiger partial charge on any atom is -0.387 e. The zero-order valence-electron chi connectivity index (χ0n) is 32.6. The van der Waals surface area contributed by atoms with Gasteiger partial charge in [-0.3, -0.25) is 9.59 Å². The third-order valence-electron chi connectivity index (χ3n) is 11.0. The molecular formula is C41H36Cl4F10N4O4. The van der Waals surface area contributed by atoms with Crippen LogP contribution in [-0.4, -0.2) is 67.5 Å². The zero-order valence-corrected chi connectivity index (χ0v) is 35.6. The van der Waals surface area contributed by atoms with Crippen LogP contribution in [0.3, 0.4) is 0 Å². The lowest BCUT2D eigenvalue weighted by atomic mass is 9.75. The molecule has 0 spiro atoms. The topological polar surface area (TPSA) is 116 Å². The van der Waals surface area contributed by atoms with Gasteiger partial charge in [0.25, 0.3) is 11.8 Å². The molecule has 2 heterocycles. The molecule has 342 valence electrons. The van der Waals surface area contributed by atoms with E-state index in [1.807, 2.05) is 0 Å². The van der Waals surface area contributed by atoms with E-state index in [1.54, 1.807) is 0 Å². The number of pyridine rings is 2. The number of likely N-dealkylation sites (N-methyl/N-ethyl adjacent to an activating group) is 1. The van der Waals surface area contributed by atoms with Gasteiger partial charge in [0, 0.05) is 19.4 Å². The number of hydrogen-bond acceptors (Lipinski definition) is 6. The number of carbonyl (C=O) groups is 2. The maximum atomic E-state index is 14.2. The highest BCUT2D eigenvalue weighted by Gasteiger charge is 2.47. The summed E-state index contributed by atoms with van der Waals surface area (Å²) < 4.78 is 135. The number of rotatable bonds is 8. The molecule has 63 heavy (non-hydrogen) atoms. The monoisotopic (exact) mass is 978 g/mol. The van der Waals surface area contributed by atoms with Crippen LogP contribution in [0.4, 0.5) is 43.9 Å². The second-order valence-electron chi connectivity index (χ2n) is 15.1. The van der Waals surface area contributed by atoms with Gasteiger partial charge < -0.3 is 20.4 Å². The summed E-state index contributed by atoms with van der Waals surface area (Å²) >= 11 is 23.8. The highest BCUT2D eigenvalue weighted by Crippen LogP contribution is 2.46. The van der Waals surface area contributed by atoms with Gasteiger partial charge in [0.15, 0.2) is 0 Å². The van der Waals surface area contributed by atoms with Gasteiger partial charge in [-0.2, -0.15) is 26.3 Å². The molecule has 2 aromatic heterocycles. The van der Waals surface area contributed by atoms with Crippen molar-refractivity contribution >= 4 is 58.2 Å². The fourth-order valence-electron chi connectivity index (χ4n) is 7.68. The molecule has 2 saturated carbocycles. The molecule has 0 saturated heterocycles. The summed E-state index contributed by atoms with van der Waals surface area (Å²) in [6, 6.07) is 6.14. The summed E-state index contributed by atoms with van der Waals surface area (Å²) in [6.07, 6.45) is -10.8. The van der Waals surface area contributed by atoms with E-state index >= 15 is 0 Å². The first-order valence-electron chi connectivity index (χ1n) is 18.9. The Balaban J connectivity index is 0.000000238. The number of nitrogens with zero attached hydrogens (tertiary/aromatic N) is 3. The lowest BCUT2D eigenvalue weighted by molar-refractivity contribution is -0.138. The quantitative estimate of drug-likeness (QED) is 0.152. The van der Waals surface area contributed by atoms with E-state index in [4.69, 9.17) is 46.4 Å². The van der Waals surface area contributed by atoms with Gasteiger partial charge in [-0.15, -0.1) is 0 Å². The van der Waals surface area contributed by atoms with E-state index in [0.717, 1.165) is 29.4 Å². The van der Waals surface area contributed by atoms with Crippen molar-refractivity contribution in [3.05, 3.63) is 126 Å². The Kier molecular flexibility index (Phi) is 15.6. The molecule has 4 aromatic rings. The maximum Gasteiger partial charge on any atom is 0.417 e. The predicted octanol–water partition coefficient (Wildman–Crippen LogP) is 11.7. The second kappa shape index (κ2) is 19.7. The van der Waals surface area contributed by atoms with Crippen molar-refractivity contribution < 1.29 is 63.7 Å². The van der Waals surface area contributed by atoms with Crippen molar-refractivity contribution in [3.63, 3.8) is 0 Å². The number of nitrogens with one attached hydrogen (secondary N) is 1. The van der Waals surface area contributed by atoms with Crippen molar-refractivity contribution in [2.45, 2.75) is 99.3 Å². The molecule has 0 radical (unpaired) electrons. The molecule has 3 N–H and O–H groups in total. The van der Waals surface area contributed by atoms with Gasteiger partial charge in [0.05, 0.1) is 54.5 Å². The Morgan fingerprint density at radius 3 is 1.57 bits per heavy atom. The summed E-state index contributed by atoms with van der Waals surface area (Å²) in [5.41, 5.74) is -7.32. The summed E-state index contributed by atoms with van der Waals surface area (Å²) in [5, 5.41) is 22.3. The first kappa shape index (κ1) is 50.1. The van der Waals surface area contributed by atoms with Crippen LogP contribution in [0.2, 0.25) is 20.1 Å². The van der Waals surface area contributed by atoms with Gasteiger partial charge in [0.1, 0.15) is 35.4 Å². The van der Waals surface area contributed by atoms with Crippen LogP contribution < -0.4 is 5.32 Å². The lowest BCUT2D eigenvalue weighted by Gasteiger charge is -2.44. The van der Waals surface area contributed by atoms with E-state index in [1.165, 1.54) is 31.3 Å². The summed E-state index contributed by atoms with van der Waals surface area (Å²) in [7, 11) is 1.21. The van der Waals surface area contributed by atoms with Crippen LogP contribution in [0.15, 0.2) is 60.9 Å². The average molecular weight is 981 g/mol. The average Bonchev–Trinajstić information content (AvgIpc) is 3.21. The maximum absolute atomic E-state index is 14.2. The first-order valence-corrected chi connectivity index (χ1v) is 20.4. The zero-order chi connectivity index (χ0) is 46.8. The van der Waals surface area contributed by atoms with Crippen LogP contribution in [0.25, 0.3) is 0 Å². The third-order valence-corrected chi connectivity index (χ3v) is 12.5. The van der Waals surface area contributed by atoms with Crippen molar-refractivity contribution in [2.24, 2.45) is 0 Å². The fourth-order valence-corrected chi connectivity index (χ4v) is 8.75. The largest absolute Gasteiger partial charge is 0.417 e. The van der Waals surface area contributed by atoms with E-state index in [0.29, 0.717) is 12.1 Å². The molecule has 2 unspecified atom stereocenters. The first-order chi connectivity index (χ1) is 29.3. The molecule has 2 aliphatic carbocycles. The van der Waals surface area contributed by atoms with Crippen LogP contribution in [0.5, 0.6) is 0 Å². The van der Waals surface area contributed by atoms with Crippen molar-refractivity contribution in [3.8, 4) is 0 Å². The number of carbonyl (C=O) groups excluding carboxylic acids is 2. The van der Waals surface area contributed by atoms with Gasteiger partial charge in [-0.1, -0.05) is 70.7 Å². The van der Waals surface area contributed by atoms with E-state index in [-0.39, 0.29) is 72.5 Å². The third kappa shape index (κ3) is 11.1. The molecule has 2 aromatic carbocycles. The van der Waals surface area contributed by atoms with Gasteiger partial charge in [-0.05, 0) is 86.8 Å². The Morgan fingerprint density at radius 2 is 1.10 bits per heavy atom. The standard InChI is InChI=1S/C21H19Cl2F5N2O2.C20H17Cl2F5N2O2/c1-30(19(31)17-16(23)13(7-10-29-17)21(26,27)28)18(12-3-2-4-14(25)15(12)22)20(32)8-5-11(24)6-9-20;21-14-11(2-1-3-13(14)24)17(19(31)7-4-10(23)5-8-19)29-18(30)16-15(22)12(6-9-28-16)20(25,26)27/h2-4,7,10-11,18,32H,5-6,8-9H2,1H3;1-3,6,9-10,17,31H,4-5,7-8H2,(H,29,30). The molecule has 2 atom stereocenters. The van der Waals surface area contributed by atoms with Gasteiger partial charge in [-0.25, -0.2) is 27.5 Å². The molecule has 2 amide bonds. The summed E-state index contributed by atoms with van der Waals surface area (Å²) in [6.45, 7) is 0. The normalized spacial score (nSPS) is 22.6. The SMILES string of the molecule is CN(C(=O)c1nccc(C(F)(F)F)c1Cl)C(c1cccc(F)c1Cl)C1(O)CCC(F)CC1.O=C(NC(c1cccc(F)c1Cl)C1(O)CCC(F)CC1)c1nccc(C(F)(F)F)c1Cl. The molecule has 0 aliphatic heterocycles. The number of hydrogen-bond donors (Lipinski definition) is 3. The van der Waals surface area contributed by atoms with Crippen LogP contribution in [0.1, 0.15) is 107 Å². The number of benzene rings is 2. The predicted molar refractivity (Wildman–Crippen MR) is 213 cm³/mol. The number of amides is 2. The van der Waals surface area contributed by atoms with Gasteiger partial charge in [0.2, 0.25) is 0 Å². The van der Waals surface area contributed by atoms with Crippen LogP contribution in [0, 0.1) is 11.6 Å². The molecule has 0 bridgehead atoms. The van der Waals surface area contributed by atoms with Crippen LogP contribution >= 0.6 is 46.4 Å². The molecular weight excluding hydrogens is 944 g/mol. The number of aliphatic hydroxyl groups is 2. The Hall–Kier alpha value is -3.94. The Morgan fingerprint density at radius 1 is 0.683 bits per heavy atom. The number of alkyl halides is 8. The number of aromatic nitrogens is 2. The molecule has 6 rings (SSSR count). The minimum absolute atomic E-state index is 0.00192. The fraction of sp³-hybridized carbons (Fsp3) is 0.415. The highest BCUT2D eigenvalue weighted by atomic mass is 35.5. The molecule has 8 nitrogen and oxygen atoms in total. The van der Waals surface area contributed by atoms with Crippen molar-refractivity contribution in [1.82, 2.24) is 20.2 Å². The smallest absolute Gasteiger partial charge is 0.387 e. The molecule has 22 heteroatoms. The highest BCUT2D eigenvalue weighted by molar-refractivity contribution is 6.35. The van der Waals surface area contributed by atoms with E-state index in [9.17, 15) is 63.7 Å². The van der Waals surface area contributed by atoms with Crippen LogP contribution in [-0.2, 0) is 12.4 Å². The summed E-state index contributed by atoms with van der Waals surface area (Å²) in [5.74, 6) is -3.80. The molecule has 2 fully saturated rings. The molecule has 2 aliphatic rings. The van der Waals surface area contributed by atoms with E-state index < -0.39 is 104 Å². The van der Waals surface area contributed by atoms with Crippen molar-refractivity contribution in [1.29, 1.82) is 0 Å². The number of halogens is 14. The summed E-state index contributed by atoms with van der Waals surface area (Å²) in [4.78, 5) is 34.3. The minimum atomic E-state index is -4.82. The Bertz CT molecular complexity index is 2310. The van der Waals surface area contributed by atoms with Crippen molar-refractivity contribution in [2.75, 3.05) is 7.05 Å². The van der Waals surface area contributed by atoms with Gasteiger partial charge >= 0.3 is 12.4 Å².